The maximum absolute atomic E-state index is 11.9. The van der Waals surface area contributed by atoms with Gasteiger partial charge in [-0.2, -0.15) is 0 Å². The number of amides is 1. The molecular weight excluding hydrogens is 304 g/mol. The first kappa shape index (κ1) is 13.0. The number of thiophene rings is 1. The van der Waals surface area contributed by atoms with Crippen molar-refractivity contribution in [3.63, 3.8) is 0 Å². The van der Waals surface area contributed by atoms with E-state index in [0.717, 1.165) is 15.9 Å². The van der Waals surface area contributed by atoms with Gasteiger partial charge in [-0.1, -0.05) is 0 Å². The summed E-state index contributed by atoms with van der Waals surface area (Å²) >= 11 is 5.02. The van der Waals surface area contributed by atoms with Crippen LogP contribution in [0.3, 0.4) is 0 Å². The molecule has 1 saturated heterocycles. The average molecular weight is 319 g/mol. The van der Waals surface area contributed by atoms with E-state index < -0.39 is 0 Å². The molecule has 94 valence electrons. The molecule has 0 aromatic carbocycles. The van der Waals surface area contributed by atoms with Crippen LogP contribution in [0.5, 0.6) is 0 Å². The fraction of sp³-hybridized carbons (Fsp3) is 0.545. The zero-order valence-corrected chi connectivity index (χ0v) is 11.9. The lowest BCUT2D eigenvalue weighted by Gasteiger charge is -2.29. The molecule has 4 nitrogen and oxygen atoms in total. The van der Waals surface area contributed by atoms with E-state index in [1.165, 1.54) is 0 Å². The zero-order valence-electron chi connectivity index (χ0n) is 9.53. The van der Waals surface area contributed by atoms with Crippen LogP contribution in [0, 0.1) is 0 Å². The largest absolute Gasteiger partial charge is 0.375 e. The first-order chi connectivity index (χ1) is 8.16. The number of rotatable bonds is 3. The van der Waals surface area contributed by atoms with Crippen molar-refractivity contribution in [1.29, 1.82) is 0 Å². The van der Waals surface area contributed by atoms with Gasteiger partial charge in [0.2, 0.25) is 5.91 Å². The van der Waals surface area contributed by atoms with Gasteiger partial charge in [0.25, 0.3) is 0 Å². The van der Waals surface area contributed by atoms with Crippen molar-refractivity contribution >= 4 is 33.2 Å². The van der Waals surface area contributed by atoms with E-state index in [4.69, 9.17) is 4.74 Å². The summed E-state index contributed by atoms with van der Waals surface area (Å²) < 4.78 is 6.49. The molecule has 1 amide bonds. The summed E-state index contributed by atoms with van der Waals surface area (Å²) in [5, 5.41) is 8.09. The van der Waals surface area contributed by atoms with Gasteiger partial charge < -0.3 is 15.4 Å². The van der Waals surface area contributed by atoms with Crippen molar-refractivity contribution in [2.45, 2.75) is 25.6 Å². The fourth-order valence-electron chi connectivity index (χ4n) is 1.76. The Morgan fingerprint density at radius 1 is 1.76 bits per heavy atom. The summed E-state index contributed by atoms with van der Waals surface area (Å²) in [5.74, 6) is 0.00159. The van der Waals surface area contributed by atoms with Crippen LogP contribution in [-0.4, -0.2) is 31.2 Å². The topological polar surface area (TPSA) is 50.4 Å². The van der Waals surface area contributed by atoms with Gasteiger partial charge in [0.1, 0.15) is 6.04 Å². The molecule has 2 rings (SSSR count). The minimum atomic E-state index is -0.243. The Kier molecular flexibility index (Phi) is 4.55. The lowest BCUT2D eigenvalue weighted by molar-refractivity contribution is -0.129. The van der Waals surface area contributed by atoms with Crippen molar-refractivity contribution in [1.82, 2.24) is 10.6 Å². The number of halogens is 1. The highest BCUT2D eigenvalue weighted by atomic mass is 79.9. The molecule has 2 atom stereocenters. The third kappa shape index (κ3) is 3.51. The number of nitrogens with one attached hydrogen (secondary N) is 2. The van der Waals surface area contributed by atoms with Gasteiger partial charge in [0.05, 0.1) is 19.3 Å². The molecule has 0 saturated carbocycles. The number of hydrogen-bond acceptors (Lipinski definition) is 4. The highest BCUT2D eigenvalue weighted by Gasteiger charge is 2.27. The van der Waals surface area contributed by atoms with Crippen LogP contribution in [0.1, 0.15) is 11.8 Å². The first-order valence-corrected chi connectivity index (χ1v) is 7.19. The van der Waals surface area contributed by atoms with Crippen molar-refractivity contribution in [2.24, 2.45) is 0 Å². The van der Waals surface area contributed by atoms with Gasteiger partial charge >= 0.3 is 0 Å². The smallest absolute Gasteiger partial charge is 0.240 e. The van der Waals surface area contributed by atoms with E-state index in [9.17, 15) is 4.79 Å². The first-order valence-electron chi connectivity index (χ1n) is 5.52. The van der Waals surface area contributed by atoms with Crippen LogP contribution in [-0.2, 0) is 16.1 Å². The van der Waals surface area contributed by atoms with Crippen LogP contribution in [0.4, 0.5) is 0 Å². The van der Waals surface area contributed by atoms with E-state index in [2.05, 4.69) is 26.6 Å². The Hall–Kier alpha value is -0.430. The molecule has 0 bridgehead atoms. The SMILES string of the molecule is C[C@H]1OCCN[C@@H]1C(=O)NCc1cc(Br)cs1. The molecule has 1 aromatic rings. The van der Waals surface area contributed by atoms with Crippen molar-refractivity contribution in [2.75, 3.05) is 13.2 Å². The van der Waals surface area contributed by atoms with Crippen LogP contribution in [0.25, 0.3) is 0 Å². The predicted octanol–water partition coefficient (Wildman–Crippen LogP) is 1.50. The standard InChI is InChI=1S/C11H15BrN2O2S/c1-7-10(13-2-3-16-7)11(15)14-5-9-4-8(12)6-17-9/h4,6-7,10,13H,2-3,5H2,1H3,(H,14,15)/t7-,10+/m1/s1. The van der Waals surface area contributed by atoms with E-state index >= 15 is 0 Å². The minimum Gasteiger partial charge on any atom is -0.375 e. The van der Waals surface area contributed by atoms with Crippen molar-refractivity contribution in [3.8, 4) is 0 Å². The number of carbonyl (C=O) groups is 1. The summed E-state index contributed by atoms with van der Waals surface area (Å²) in [6, 6.07) is 1.77. The summed E-state index contributed by atoms with van der Waals surface area (Å²) in [4.78, 5) is 13.1. The van der Waals surface area contributed by atoms with E-state index in [0.29, 0.717) is 13.2 Å². The lowest BCUT2D eigenvalue weighted by Crippen LogP contribution is -2.55. The van der Waals surface area contributed by atoms with Crippen LogP contribution >= 0.6 is 27.3 Å². The lowest BCUT2D eigenvalue weighted by atomic mass is 10.1. The van der Waals surface area contributed by atoms with Gasteiger partial charge in [-0.15, -0.1) is 11.3 Å². The summed E-state index contributed by atoms with van der Waals surface area (Å²) in [6.07, 6.45) is -0.0705. The average Bonchev–Trinajstić information content (AvgIpc) is 2.73. The number of carbonyl (C=O) groups excluding carboxylic acids is 1. The van der Waals surface area contributed by atoms with Crippen molar-refractivity contribution in [3.05, 3.63) is 20.8 Å². The van der Waals surface area contributed by atoms with E-state index in [-0.39, 0.29) is 18.1 Å². The molecule has 1 aliphatic heterocycles. The molecule has 17 heavy (non-hydrogen) atoms. The third-order valence-electron chi connectivity index (χ3n) is 2.66. The molecule has 6 heteroatoms. The zero-order chi connectivity index (χ0) is 12.3. The quantitative estimate of drug-likeness (QED) is 0.888. The Bertz CT molecular complexity index is 397. The molecule has 1 aromatic heterocycles. The van der Waals surface area contributed by atoms with Gasteiger partial charge in [0, 0.05) is 21.3 Å². The Balaban J connectivity index is 1.84. The molecule has 0 unspecified atom stereocenters. The molecule has 0 radical (unpaired) electrons. The van der Waals surface area contributed by atoms with Crippen molar-refractivity contribution < 1.29 is 9.53 Å². The molecule has 0 aliphatic carbocycles. The molecular formula is C11H15BrN2O2S. The second kappa shape index (κ2) is 5.95. The van der Waals surface area contributed by atoms with E-state index in [1.54, 1.807) is 11.3 Å². The third-order valence-corrected chi connectivity index (χ3v) is 4.36. The molecule has 2 N–H and O–H groups in total. The van der Waals surface area contributed by atoms with Gasteiger partial charge in [-0.3, -0.25) is 4.79 Å². The van der Waals surface area contributed by atoms with Gasteiger partial charge in [-0.05, 0) is 28.9 Å². The molecule has 1 fully saturated rings. The summed E-state index contributed by atoms with van der Waals surface area (Å²) in [5.41, 5.74) is 0. The Labute approximate surface area is 113 Å². The number of ether oxygens (including phenoxy) is 1. The second-order valence-electron chi connectivity index (χ2n) is 3.96. The normalized spacial score (nSPS) is 24.6. The minimum absolute atomic E-state index is 0.00159. The number of hydrogen-bond donors (Lipinski definition) is 2. The maximum Gasteiger partial charge on any atom is 0.240 e. The molecule has 1 aliphatic rings. The predicted molar refractivity (Wildman–Crippen MR) is 71.1 cm³/mol. The van der Waals surface area contributed by atoms with Crippen LogP contribution in [0.15, 0.2) is 15.9 Å². The van der Waals surface area contributed by atoms with Gasteiger partial charge in [0.15, 0.2) is 0 Å². The molecule has 0 spiro atoms. The van der Waals surface area contributed by atoms with Crippen LogP contribution < -0.4 is 10.6 Å². The second-order valence-corrected chi connectivity index (χ2v) is 5.87. The summed E-state index contributed by atoms with van der Waals surface area (Å²) in [7, 11) is 0. The molecule has 2 heterocycles. The Morgan fingerprint density at radius 2 is 2.59 bits per heavy atom. The Morgan fingerprint density at radius 3 is 3.24 bits per heavy atom. The monoisotopic (exact) mass is 318 g/mol. The number of morpholine rings is 1. The van der Waals surface area contributed by atoms with E-state index in [1.807, 2.05) is 18.4 Å². The summed E-state index contributed by atoms with van der Waals surface area (Å²) in [6.45, 7) is 3.88. The van der Waals surface area contributed by atoms with Gasteiger partial charge in [-0.25, -0.2) is 0 Å². The highest BCUT2D eigenvalue weighted by molar-refractivity contribution is 9.10. The maximum atomic E-state index is 11.9. The highest BCUT2D eigenvalue weighted by Crippen LogP contribution is 2.19. The fourth-order valence-corrected chi connectivity index (χ4v) is 3.15. The van der Waals surface area contributed by atoms with Crippen LogP contribution in [0.2, 0.25) is 0 Å².